The average Bonchev–Trinajstić information content (AvgIpc) is 1.99. The van der Waals surface area contributed by atoms with Crippen LogP contribution >= 0.6 is 0 Å². The lowest BCUT2D eigenvalue weighted by Crippen LogP contribution is -2.35. The number of hydrogen-bond acceptors (Lipinski definition) is 3. The largest absolute Gasteiger partial charge is 0.444 e. The van der Waals surface area contributed by atoms with E-state index in [1.54, 1.807) is 14.0 Å². The van der Waals surface area contributed by atoms with Crippen LogP contribution in [0.25, 0.3) is 0 Å². The number of rotatable bonds is 3. The number of amides is 1. The molecule has 0 bridgehead atoms. The Morgan fingerprint density at radius 2 is 2.00 bits per heavy atom. The summed E-state index contributed by atoms with van der Waals surface area (Å²) < 4.78 is 5.16. The molecule has 0 fully saturated rings. The summed E-state index contributed by atoms with van der Waals surface area (Å²) >= 11 is 0. The Kier molecular flexibility index (Phi) is 5.11. The van der Waals surface area contributed by atoms with Crippen molar-refractivity contribution >= 4 is 11.9 Å². The van der Waals surface area contributed by atoms with Crippen molar-refractivity contribution in [2.45, 2.75) is 33.3 Å². The Balaban J connectivity index is 3.95. The smallest absolute Gasteiger partial charge is 0.410 e. The first-order valence-electron chi connectivity index (χ1n) is 4.93. The molecule has 5 heteroatoms. The predicted molar refractivity (Wildman–Crippen MR) is 61.0 cm³/mol. The normalized spacial score (nSPS) is 12.5. The quantitative estimate of drug-likeness (QED) is 0.568. The van der Waals surface area contributed by atoms with Crippen molar-refractivity contribution in [2.24, 2.45) is 10.7 Å². The number of amidine groups is 1. The molecule has 0 heterocycles. The monoisotopic (exact) mass is 215 g/mol. The molecule has 0 aromatic rings. The van der Waals surface area contributed by atoms with Crippen LogP contribution in [-0.2, 0) is 4.74 Å². The first kappa shape index (κ1) is 13.7. The molecular formula is C10H21N3O2. The molecule has 0 saturated carbocycles. The molecule has 88 valence electrons. The van der Waals surface area contributed by atoms with Gasteiger partial charge in [0, 0.05) is 13.6 Å². The summed E-state index contributed by atoms with van der Waals surface area (Å²) in [5.74, 6) is 0.521. The second-order valence-electron chi connectivity index (χ2n) is 4.42. The van der Waals surface area contributed by atoms with E-state index in [1.165, 1.54) is 4.90 Å². The van der Waals surface area contributed by atoms with Gasteiger partial charge in [0.1, 0.15) is 5.60 Å². The summed E-state index contributed by atoms with van der Waals surface area (Å²) in [7, 11) is 1.68. The van der Waals surface area contributed by atoms with E-state index in [-0.39, 0.29) is 6.09 Å². The molecule has 0 aliphatic carbocycles. The second-order valence-corrected chi connectivity index (χ2v) is 4.42. The van der Waals surface area contributed by atoms with E-state index in [0.717, 1.165) is 0 Å². The van der Waals surface area contributed by atoms with E-state index in [0.29, 0.717) is 18.9 Å². The van der Waals surface area contributed by atoms with Crippen LogP contribution in [0.15, 0.2) is 4.99 Å². The van der Waals surface area contributed by atoms with Crippen LogP contribution in [-0.4, -0.2) is 42.6 Å². The lowest BCUT2D eigenvalue weighted by molar-refractivity contribution is 0.0304. The van der Waals surface area contributed by atoms with Crippen molar-refractivity contribution in [3.8, 4) is 0 Å². The summed E-state index contributed by atoms with van der Waals surface area (Å²) in [5.41, 5.74) is 4.91. The number of nitrogens with two attached hydrogens (primary N) is 1. The van der Waals surface area contributed by atoms with Crippen molar-refractivity contribution < 1.29 is 9.53 Å². The molecule has 0 unspecified atom stereocenters. The first-order chi connectivity index (χ1) is 6.72. The van der Waals surface area contributed by atoms with Gasteiger partial charge in [-0.15, -0.1) is 0 Å². The molecule has 2 N–H and O–H groups in total. The zero-order valence-corrected chi connectivity index (χ0v) is 10.2. The molecule has 0 aliphatic heterocycles. The highest BCUT2D eigenvalue weighted by Crippen LogP contribution is 2.08. The van der Waals surface area contributed by atoms with Crippen LogP contribution in [0.5, 0.6) is 0 Å². The molecule has 0 aromatic carbocycles. The van der Waals surface area contributed by atoms with Crippen LogP contribution < -0.4 is 5.73 Å². The van der Waals surface area contributed by atoms with Gasteiger partial charge < -0.3 is 15.4 Å². The molecule has 0 rings (SSSR count). The maximum atomic E-state index is 11.5. The van der Waals surface area contributed by atoms with Gasteiger partial charge in [-0.1, -0.05) is 0 Å². The van der Waals surface area contributed by atoms with E-state index in [9.17, 15) is 4.79 Å². The molecule has 1 amide bonds. The number of carbonyl (C=O) groups is 1. The highest BCUT2D eigenvalue weighted by atomic mass is 16.6. The van der Waals surface area contributed by atoms with Crippen LogP contribution in [0.3, 0.4) is 0 Å². The van der Waals surface area contributed by atoms with Crippen molar-refractivity contribution in [3.05, 3.63) is 0 Å². The summed E-state index contributed by atoms with van der Waals surface area (Å²) in [6.07, 6.45) is -0.340. The lowest BCUT2D eigenvalue weighted by Gasteiger charge is -2.24. The third-order valence-corrected chi connectivity index (χ3v) is 1.50. The minimum Gasteiger partial charge on any atom is -0.444 e. The van der Waals surface area contributed by atoms with E-state index in [2.05, 4.69) is 4.99 Å². The van der Waals surface area contributed by atoms with Gasteiger partial charge >= 0.3 is 6.09 Å². The van der Waals surface area contributed by atoms with Crippen molar-refractivity contribution in [1.82, 2.24) is 4.90 Å². The Bertz CT molecular complexity index is 240. The molecule has 15 heavy (non-hydrogen) atoms. The SMILES string of the molecule is CC(N)=NCCN(C)C(=O)OC(C)(C)C. The third-order valence-electron chi connectivity index (χ3n) is 1.50. The van der Waals surface area contributed by atoms with Crippen LogP contribution in [0, 0.1) is 0 Å². The van der Waals surface area contributed by atoms with Gasteiger partial charge in [-0.25, -0.2) is 4.79 Å². The van der Waals surface area contributed by atoms with Crippen LogP contribution in [0.1, 0.15) is 27.7 Å². The number of carbonyl (C=O) groups excluding carboxylic acids is 1. The second kappa shape index (κ2) is 5.58. The third kappa shape index (κ3) is 7.78. The predicted octanol–water partition coefficient (Wildman–Crippen LogP) is 1.23. The zero-order chi connectivity index (χ0) is 12.1. The standard InChI is InChI=1S/C10H21N3O2/c1-8(11)12-6-7-13(5)9(14)15-10(2,3)4/h6-7H2,1-5H3,(H2,11,12). The molecule has 5 nitrogen and oxygen atoms in total. The number of likely N-dealkylation sites (N-methyl/N-ethyl adjacent to an activating group) is 1. The Labute approximate surface area is 91.3 Å². The molecule has 0 aromatic heterocycles. The summed E-state index contributed by atoms with van der Waals surface area (Å²) in [6, 6.07) is 0. The van der Waals surface area contributed by atoms with E-state index >= 15 is 0 Å². The lowest BCUT2D eigenvalue weighted by atomic mass is 10.2. The van der Waals surface area contributed by atoms with Crippen molar-refractivity contribution in [2.75, 3.05) is 20.1 Å². The molecule has 0 aliphatic rings. The van der Waals surface area contributed by atoms with Gasteiger partial charge in [-0.2, -0.15) is 0 Å². The fraction of sp³-hybridized carbons (Fsp3) is 0.800. The minimum absolute atomic E-state index is 0.340. The Morgan fingerprint density at radius 3 is 2.40 bits per heavy atom. The van der Waals surface area contributed by atoms with E-state index in [4.69, 9.17) is 10.5 Å². The van der Waals surface area contributed by atoms with Gasteiger partial charge in [-0.3, -0.25) is 4.99 Å². The van der Waals surface area contributed by atoms with Crippen molar-refractivity contribution in [3.63, 3.8) is 0 Å². The number of nitrogens with zero attached hydrogens (tertiary/aromatic N) is 2. The Hall–Kier alpha value is -1.26. The average molecular weight is 215 g/mol. The van der Waals surface area contributed by atoms with E-state index in [1.807, 2.05) is 20.8 Å². The molecule has 0 saturated heterocycles. The first-order valence-corrected chi connectivity index (χ1v) is 4.93. The van der Waals surface area contributed by atoms with Gasteiger partial charge in [0.05, 0.1) is 12.4 Å². The van der Waals surface area contributed by atoms with Gasteiger partial charge in [0.2, 0.25) is 0 Å². The van der Waals surface area contributed by atoms with E-state index < -0.39 is 5.60 Å². The summed E-state index contributed by atoms with van der Waals surface area (Å²) in [5, 5.41) is 0. The summed E-state index contributed by atoms with van der Waals surface area (Å²) in [4.78, 5) is 16.9. The number of hydrogen-bond donors (Lipinski definition) is 1. The van der Waals surface area contributed by atoms with Crippen LogP contribution in [0.2, 0.25) is 0 Å². The highest BCUT2D eigenvalue weighted by molar-refractivity contribution is 5.77. The van der Waals surface area contributed by atoms with Crippen molar-refractivity contribution in [1.29, 1.82) is 0 Å². The fourth-order valence-corrected chi connectivity index (χ4v) is 0.807. The summed E-state index contributed by atoms with van der Waals surface area (Å²) in [6.45, 7) is 8.22. The zero-order valence-electron chi connectivity index (χ0n) is 10.2. The topological polar surface area (TPSA) is 67.9 Å². The van der Waals surface area contributed by atoms with Gasteiger partial charge in [0.25, 0.3) is 0 Å². The Morgan fingerprint density at radius 1 is 1.47 bits per heavy atom. The van der Waals surface area contributed by atoms with Crippen LogP contribution in [0.4, 0.5) is 4.79 Å². The minimum atomic E-state index is -0.460. The molecule has 0 radical (unpaired) electrons. The van der Waals surface area contributed by atoms with Gasteiger partial charge in [0.15, 0.2) is 0 Å². The number of aliphatic imine (C=N–C) groups is 1. The highest BCUT2D eigenvalue weighted by Gasteiger charge is 2.18. The van der Waals surface area contributed by atoms with Gasteiger partial charge in [-0.05, 0) is 27.7 Å². The maximum Gasteiger partial charge on any atom is 0.410 e. The molecule has 0 atom stereocenters. The molecular weight excluding hydrogens is 194 g/mol. The fourth-order valence-electron chi connectivity index (χ4n) is 0.807. The number of ether oxygens (including phenoxy) is 1. The maximum absolute atomic E-state index is 11.5. The molecule has 0 spiro atoms.